The molecule has 0 atom stereocenters. The second-order valence-corrected chi connectivity index (χ2v) is 3.87. The lowest BCUT2D eigenvalue weighted by atomic mass is 10.1. The first-order valence-electron chi connectivity index (χ1n) is 5.77. The van der Waals surface area contributed by atoms with Gasteiger partial charge in [0.25, 0.3) is 5.88 Å². The first-order chi connectivity index (χ1) is 9.28. The minimum absolute atomic E-state index is 0.351. The number of carbonyl (C=O) groups excluding carboxylic acids is 1. The summed E-state index contributed by atoms with van der Waals surface area (Å²) in [5, 5.41) is 8.03. The molecule has 0 spiro atoms. The van der Waals surface area contributed by atoms with Gasteiger partial charge in [-0.25, -0.2) is 0 Å². The normalized spacial score (nSPS) is 10.0. The second-order valence-electron chi connectivity index (χ2n) is 3.87. The van der Waals surface area contributed by atoms with Crippen molar-refractivity contribution in [2.24, 2.45) is 0 Å². The Morgan fingerprint density at radius 2 is 1.84 bits per heavy atom. The molecular weight excluding hydrogens is 244 g/mol. The van der Waals surface area contributed by atoms with Crippen molar-refractivity contribution in [3.05, 3.63) is 35.9 Å². The van der Waals surface area contributed by atoms with Gasteiger partial charge < -0.3 is 14.3 Å². The van der Waals surface area contributed by atoms with E-state index < -0.39 is 0 Å². The first-order valence-corrected chi connectivity index (χ1v) is 5.77. The fourth-order valence-electron chi connectivity index (χ4n) is 1.70. The summed E-state index contributed by atoms with van der Waals surface area (Å²) in [4.78, 5) is 10.4. The number of hydrogen-bond acceptors (Lipinski definition) is 5. The van der Waals surface area contributed by atoms with E-state index in [0.717, 1.165) is 17.4 Å². The van der Waals surface area contributed by atoms with E-state index >= 15 is 0 Å². The van der Waals surface area contributed by atoms with Gasteiger partial charge >= 0.3 is 0 Å². The van der Waals surface area contributed by atoms with E-state index in [0.29, 0.717) is 23.7 Å². The van der Waals surface area contributed by atoms with Crippen LogP contribution < -0.4 is 9.47 Å². The summed E-state index contributed by atoms with van der Waals surface area (Å²) in [5.74, 6) is 0.883. The quantitative estimate of drug-likeness (QED) is 0.766. The summed E-state index contributed by atoms with van der Waals surface area (Å²) >= 11 is 0. The van der Waals surface area contributed by atoms with Crippen LogP contribution in [0.1, 0.15) is 5.56 Å². The van der Waals surface area contributed by atoms with Crippen LogP contribution in [0.2, 0.25) is 0 Å². The number of aldehydes is 1. The van der Waals surface area contributed by atoms with E-state index in [-0.39, 0.29) is 0 Å². The third-order valence-electron chi connectivity index (χ3n) is 2.71. The number of nitrogens with zero attached hydrogens (tertiary/aromatic N) is 2. The maximum absolute atomic E-state index is 10.4. The molecule has 19 heavy (non-hydrogen) atoms. The molecule has 0 aliphatic carbocycles. The molecule has 0 N–H and O–H groups in total. The average molecular weight is 258 g/mol. The van der Waals surface area contributed by atoms with Gasteiger partial charge in [-0.1, -0.05) is 24.3 Å². The highest BCUT2D eigenvalue weighted by Crippen LogP contribution is 2.27. The van der Waals surface area contributed by atoms with Gasteiger partial charge in [-0.05, 0) is 5.56 Å². The molecule has 5 heteroatoms. The second kappa shape index (κ2) is 5.95. The fourth-order valence-corrected chi connectivity index (χ4v) is 1.70. The lowest BCUT2D eigenvalue weighted by Crippen LogP contribution is -1.97. The molecule has 0 bridgehead atoms. The summed E-state index contributed by atoms with van der Waals surface area (Å²) in [5.41, 5.74) is 2.56. The fraction of sp³-hybridized carbons (Fsp3) is 0.214. The number of hydrogen-bond donors (Lipinski definition) is 0. The molecule has 2 rings (SSSR count). The van der Waals surface area contributed by atoms with Crippen LogP contribution in [0.15, 0.2) is 30.3 Å². The Morgan fingerprint density at radius 1 is 1.11 bits per heavy atom. The molecule has 2 aromatic rings. The lowest BCUT2D eigenvalue weighted by molar-refractivity contribution is -0.107. The van der Waals surface area contributed by atoms with Crippen molar-refractivity contribution in [3.8, 4) is 22.9 Å². The number of benzene rings is 1. The zero-order valence-corrected chi connectivity index (χ0v) is 10.8. The van der Waals surface area contributed by atoms with Crippen LogP contribution in [0, 0.1) is 0 Å². The Bertz CT molecular complexity index is 567. The number of carbonyl (C=O) groups is 1. The van der Waals surface area contributed by atoms with Crippen LogP contribution in [0.5, 0.6) is 11.6 Å². The Hall–Kier alpha value is -2.43. The van der Waals surface area contributed by atoms with Crippen molar-refractivity contribution >= 4 is 6.29 Å². The predicted octanol–water partition coefficient (Wildman–Crippen LogP) is 1.90. The Labute approximate surface area is 111 Å². The third-order valence-corrected chi connectivity index (χ3v) is 2.71. The maximum Gasteiger partial charge on any atom is 0.276 e. The Kier molecular flexibility index (Phi) is 4.07. The monoisotopic (exact) mass is 258 g/mol. The van der Waals surface area contributed by atoms with Crippen molar-refractivity contribution in [1.29, 1.82) is 0 Å². The van der Waals surface area contributed by atoms with Gasteiger partial charge in [0.15, 0.2) is 5.75 Å². The van der Waals surface area contributed by atoms with Gasteiger partial charge in [-0.15, -0.1) is 10.2 Å². The summed E-state index contributed by atoms with van der Waals surface area (Å²) in [7, 11) is 3.07. The zero-order valence-electron chi connectivity index (χ0n) is 10.8. The van der Waals surface area contributed by atoms with Crippen molar-refractivity contribution in [1.82, 2.24) is 10.2 Å². The van der Waals surface area contributed by atoms with Crippen LogP contribution in [-0.4, -0.2) is 30.7 Å². The standard InChI is InChI=1S/C14H14N2O3/c1-18-13-9-12(15-16-14(13)19-2)11-5-3-10(4-6-11)7-8-17/h3-6,8-9H,7H2,1-2H3. The van der Waals surface area contributed by atoms with E-state index in [1.54, 1.807) is 13.2 Å². The highest BCUT2D eigenvalue weighted by atomic mass is 16.5. The molecule has 0 radical (unpaired) electrons. The summed E-state index contributed by atoms with van der Waals surface area (Å²) in [6, 6.07) is 9.34. The molecule has 1 heterocycles. The van der Waals surface area contributed by atoms with Crippen molar-refractivity contribution in [3.63, 3.8) is 0 Å². The number of aromatic nitrogens is 2. The summed E-state index contributed by atoms with van der Waals surface area (Å²) in [6.45, 7) is 0. The number of ether oxygens (including phenoxy) is 2. The van der Waals surface area contributed by atoms with Crippen LogP contribution >= 0.6 is 0 Å². The summed E-state index contributed by atoms with van der Waals surface area (Å²) < 4.78 is 10.2. The third kappa shape index (κ3) is 2.88. The van der Waals surface area contributed by atoms with E-state index in [4.69, 9.17) is 9.47 Å². The largest absolute Gasteiger partial charge is 0.491 e. The zero-order chi connectivity index (χ0) is 13.7. The van der Waals surface area contributed by atoms with E-state index in [2.05, 4.69) is 10.2 Å². The predicted molar refractivity (Wildman–Crippen MR) is 70.3 cm³/mol. The smallest absolute Gasteiger partial charge is 0.276 e. The minimum Gasteiger partial charge on any atom is -0.491 e. The molecule has 5 nitrogen and oxygen atoms in total. The van der Waals surface area contributed by atoms with Gasteiger partial charge in [-0.3, -0.25) is 0 Å². The van der Waals surface area contributed by atoms with Crippen molar-refractivity contribution in [2.75, 3.05) is 14.2 Å². The van der Waals surface area contributed by atoms with Crippen molar-refractivity contribution in [2.45, 2.75) is 6.42 Å². The molecule has 1 aromatic carbocycles. The van der Waals surface area contributed by atoms with Crippen LogP contribution in [0.4, 0.5) is 0 Å². The highest BCUT2D eigenvalue weighted by molar-refractivity contribution is 5.63. The highest BCUT2D eigenvalue weighted by Gasteiger charge is 2.09. The van der Waals surface area contributed by atoms with Gasteiger partial charge in [0.05, 0.1) is 19.9 Å². The SMILES string of the molecule is COc1cc(-c2ccc(CC=O)cc2)nnc1OC. The molecule has 0 aliphatic rings. The van der Waals surface area contributed by atoms with Gasteiger partial charge in [0.1, 0.15) is 6.29 Å². The first kappa shape index (κ1) is 13.0. The van der Waals surface area contributed by atoms with E-state index in [1.807, 2.05) is 24.3 Å². The molecule has 0 fully saturated rings. The number of methoxy groups -OCH3 is 2. The van der Waals surface area contributed by atoms with Crippen molar-refractivity contribution < 1.29 is 14.3 Å². The molecule has 0 amide bonds. The van der Waals surface area contributed by atoms with E-state index in [1.165, 1.54) is 7.11 Å². The summed E-state index contributed by atoms with van der Waals surface area (Å²) in [6.07, 6.45) is 1.29. The minimum atomic E-state index is 0.351. The Balaban J connectivity index is 2.33. The molecule has 98 valence electrons. The molecular formula is C14H14N2O3. The molecule has 0 aliphatic heterocycles. The van der Waals surface area contributed by atoms with Gasteiger partial charge in [0.2, 0.25) is 0 Å². The van der Waals surface area contributed by atoms with Crippen LogP contribution in [0.3, 0.4) is 0 Å². The van der Waals surface area contributed by atoms with Gasteiger partial charge in [-0.2, -0.15) is 0 Å². The molecule has 0 saturated carbocycles. The number of rotatable bonds is 5. The van der Waals surface area contributed by atoms with Crippen LogP contribution in [-0.2, 0) is 11.2 Å². The molecule has 0 saturated heterocycles. The lowest BCUT2D eigenvalue weighted by Gasteiger charge is -2.07. The maximum atomic E-state index is 10.4. The topological polar surface area (TPSA) is 61.3 Å². The van der Waals surface area contributed by atoms with E-state index in [9.17, 15) is 4.79 Å². The van der Waals surface area contributed by atoms with Crippen LogP contribution in [0.25, 0.3) is 11.3 Å². The Morgan fingerprint density at radius 3 is 2.42 bits per heavy atom. The average Bonchev–Trinajstić information content (AvgIpc) is 2.47. The molecule has 0 unspecified atom stereocenters. The van der Waals surface area contributed by atoms with Gasteiger partial charge in [0, 0.05) is 18.1 Å². The molecule has 1 aromatic heterocycles.